The number of thioether (sulfide) groups is 1. The van der Waals surface area contributed by atoms with Crippen molar-refractivity contribution in [2.45, 2.75) is 17.3 Å². The number of aromatic nitrogens is 1. The van der Waals surface area contributed by atoms with Crippen LogP contribution in [0.25, 0.3) is 11.0 Å². The molecule has 0 radical (unpaired) electrons. The van der Waals surface area contributed by atoms with E-state index < -0.39 is 0 Å². The summed E-state index contributed by atoms with van der Waals surface area (Å²) in [6, 6.07) is 10.4. The number of hydrogen-bond acceptors (Lipinski definition) is 5. The zero-order valence-electron chi connectivity index (χ0n) is 11.4. The number of fused-ring (bicyclic) bond motifs is 1. The minimum Gasteiger partial charge on any atom is -0.459 e. The van der Waals surface area contributed by atoms with Crippen molar-refractivity contribution in [2.24, 2.45) is 0 Å². The Bertz CT molecular complexity index is 672. The Morgan fingerprint density at radius 3 is 2.95 bits per heavy atom. The molecule has 0 fully saturated rings. The van der Waals surface area contributed by atoms with Gasteiger partial charge in [0, 0.05) is 22.2 Å². The summed E-state index contributed by atoms with van der Waals surface area (Å²) in [4.78, 5) is 4.48. The molecule has 0 saturated heterocycles. The zero-order chi connectivity index (χ0) is 13.9. The maximum absolute atomic E-state index is 5.92. The van der Waals surface area contributed by atoms with Crippen LogP contribution in [0.3, 0.4) is 0 Å². The summed E-state index contributed by atoms with van der Waals surface area (Å²) in [7, 11) is 1.96. The van der Waals surface area contributed by atoms with Gasteiger partial charge in [-0.2, -0.15) is 0 Å². The van der Waals surface area contributed by atoms with Crippen LogP contribution in [0.4, 0.5) is 0 Å². The first-order valence-corrected chi connectivity index (χ1v) is 8.33. The van der Waals surface area contributed by atoms with Crippen molar-refractivity contribution in [1.29, 1.82) is 0 Å². The van der Waals surface area contributed by atoms with Crippen molar-refractivity contribution in [3.05, 3.63) is 47.2 Å². The Balaban J connectivity index is 1.75. The molecule has 0 aliphatic heterocycles. The second kappa shape index (κ2) is 5.99. The number of benzene rings is 1. The second-order valence-corrected chi connectivity index (χ2v) is 6.72. The Kier molecular flexibility index (Phi) is 4.10. The summed E-state index contributed by atoms with van der Waals surface area (Å²) >= 11 is 3.46. The highest BCUT2D eigenvalue weighted by Gasteiger charge is 2.15. The zero-order valence-corrected chi connectivity index (χ0v) is 13.1. The number of hydrogen-bond donors (Lipinski definition) is 1. The standard InChI is InChI=1S/C15H16N2OS2/c1-10-8-19-15(17-10)20-9-12(16-2)14-7-11-5-3-4-6-13(11)18-14/h3-8,12,16H,9H2,1-2H3. The van der Waals surface area contributed by atoms with E-state index in [4.69, 9.17) is 4.42 Å². The van der Waals surface area contributed by atoms with Crippen LogP contribution in [-0.4, -0.2) is 17.8 Å². The van der Waals surface area contributed by atoms with E-state index in [1.165, 1.54) is 0 Å². The van der Waals surface area contributed by atoms with Crippen LogP contribution >= 0.6 is 23.1 Å². The molecule has 1 aromatic carbocycles. The predicted molar refractivity (Wildman–Crippen MR) is 85.6 cm³/mol. The fourth-order valence-electron chi connectivity index (χ4n) is 2.04. The number of aryl methyl sites for hydroxylation is 1. The van der Waals surface area contributed by atoms with E-state index in [2.05, 4.69) is 27.8 Å². The molecule has 5 heteroatoms. The van der Waals surface area contributed by atoms with Crippen LogP contribution in [0.5, 0.6) is 0 Å². The first-order chi connectivity index (χ1) is 9.76. The Hall–Kier alpha value is -1.30. The lowest BCUT2D eigenvalue weighted by Crippen LogP contribution is -2.17. The van der Waals surface area contributed by atoms with Gasteiger partial charge in [0.15, 0.2) is 0 Å². The average Bonchev–Trinajstić information content (AvgIpc) is 3.05. The number of nitrogens with one attached hydrogen (secondary N) is 1. The molecule has 1 N–H and O–H groups in total. The molecule has 0 bridgehead atoms. The highest BCUT2D eigenvalue weighted by Crippen LogP contribution is 2.29. The number of nitrogens with zero attached hydrogens (tertiary/aromatic N) is 1. The molecule has 0 saturated carbocycles. The highest BCUT2D eigenvalue weighted by atomic mass is 32.2. The molecular weight excluding hydrogens is 288 g/mol. The van der Waals surface area contributed by atoms with Crippen LogP contribution in [0.1, 0.15) is 17.5 Å². The summed E-state index contributed by atoms with van der Waals surface area (Å²) in [6.07, 6.45) is 0. The summed E-state index contributed by atoms with van der Waals surface area (Å²) in [5.41, 5.74) is 2.03. The third-order valence-electron chi connectivity index (χ3n) is 3.11. The fraction of sp³-hybridized carbons (Fsp3) is 0.267. The van der Waals surface area contributed by atoms with Crippen molar-refractivity contribution in [3.8, 4) is 0 Å². The van der Waals surface area contributed by atoms with E-state index in [-0.39, 0.29) is 6.04 Å². The first-order valence-electron chi connectivity index (χ1n) is 6.47. The molecule has 0 amide bonds. The Morgan fingerprint density at radius 1 is 1.40 bits per heavy atom. The van der Waals surface area contributed by atoms with Gasteiger partial charge in [-0.3, -0.25) is 0 Å². The number of furan rings is 1. The van der Waals surface area contributed by atoms with Crippen LogP contribution in [-0.2, 0) is 0 Å². The molecule has 0 spiro atoms. The topological polar surface area (TPSA) is 38.1 Å². The molecular formula is C15H16N2OS2. The van der Waals surface area contributed by atoms with Gasteiger partial charge >= 0.3 is 0 Å². The van der Waals surface area contributed by atoms with Gasteiger partial charge in [-0.15, -0.1) is 11.3 Å². The maximum Gasteiger partial charge on any atom is 0.150 e. The van der Waals surface area contributed by atoms with E-state index >= 15 is 0 Å². The smallest absolute Gasteiger partial charge is 0.150 e. The normalized spacial score (nSPS) is 12.9. The van der Waals surface area contributed by atoms with Gasteiger partial charge < -0.3 is 9.73 Å². The van der Waals surface area contributed by atoms with Crippen molar-refractivity contribution in [2.75, 3.05) is 12.8 Å². The highest BCUT2D eigenvalue weighted by molar-refractivity contribution is 8.01. The number of rotatable bonds is 5. The lowest BCUT2D eigenvalue weighted by atomic mass is 10.2. The number of para-hydroxylation sites is 1. The molecule has 104 valence electrons. The quantitative estimate of drug-likeness (QED) is 0.715. The molecule has 1 atom stereocenters. The minimum atomic E-state index is 0.191. The van der Waals surface area contributed by atoms with E-state index in [1.807, 2.05) is 32.2 Å². The van der Waals surface area contributed by atoms with Gasteiger partial charge in [0.2, 0.25) is 0 Å². The fourth-order valence-corrected chi connectivity index (χ4v) is 4.03. The Labute approximate surface area is 126 Å². The van der Waals surface area contributed by atoms with Crippen LogP contribution in [0.2, 0.25) is 0 Å². The van der Waals surface area contributed by atoms with Gasteiger partial charge in [-0.05, 0) is 26.1 Å². The average molecular weight is 304 g/mol. The van der Waals surface area contributed by atoms with Crippen molar-refractivity contribution in [3.63, 3.8) is 0 Å². The van der Waals surface area contributed by atoms with E-state index in [0.717, 1.165) is 32.5 Å². The SMILES string of the molecule is CNC(CSc1nc(C)cs1)c1cc2ccccc2o1. The molecule has 2 aromatic heterocycles. The van der Waals surface area contributed by atoms with Gasteiger partial charge in [-0.1, -0.05) is 30.0 Å². The van der Waals surface area contributed by atoms with Gasteiger partial charge in [-0.25, -0.2) is 4.98 Å². The summed E-state index contributed by atoms with van der Waals surface area (Å²) in [6.45, 7) is 2.02. The van der Waals surface area contributed by atoms with Gasteiger partial charge in [0.05, 0.1) is 6.04 Å². The third kappa shape index (κ3) is 2.90. The predicted octanol–water partition coefficient (Wildman–Crippen LogP) is 4.25. The molecule has 3 nitrogen and oxygen atoms in total. The first kappa shape index (κ1) is 13.7. The van der Waals surface area contributed by atoms with Crippen molar-refractivity contribution < 1.29 is 4.42 Å². The van der Waals surface area contributed by atoms with E-state index in [0.29, 0.717) is 0 Å². The molecule has 3 rings (SSSR count). The van der Waals surface area contributed by atoms with Crippen molar-refractivity contribution >= 4 is 34.1 Å². The Morgan fingerprint density at radius 2 is 2.25 bits per heavy atom. The molecule has 1 unspecified atom stereocenters. The summed E-state index contributed by atoms with van der Waals surface area (Å²) in [5.74, 6) is 1.89. The summed E-state index contributed by atoms with van der Waals surface area (Å²) in [5, 5.41) is 6.55. The van der Waals surface area contributed by atoms with E-state index in [1.54, 1.807) is 23.1 Å². The molecule has 20 heavy (non-hydrogen) atoms. The molecule has 0 aliphatic rings. The molecule has 2 heterocycles. The van der Waals surface area contributed by atoms with Gasteiger partial charge in [0.1, 0.15) is 15.7 Å². The van der Waals surface area contributed by atoms with Crippen LogP contribution < -0.4 is 5.32 Å². The lowest BCUT2D eigenvalue weighted by molar-refractivity contribution is 0.479. The summed E-state index contributed by atoms with van der Waals surface area (Å²) < 4.78 is 7.03. The van der Waals surface area contributed by atoms with Crippen molar-refractivity contribution in [1.82, 2.24) is 10.3 Å². The van der Waals surface area contributed by atoms with Crippen LogP contribution in [0.15, 0.2) is 44.5 Å². The minimum absolute atomic E-state index is 0.191. The van der Waals surface area contributed by atoms with Gasteiger partial charge in [0.25, 0.3) is 0 Å². The largest absolute Gasteiger partial charge is 0.459 e. The van der Waals surface area contributed by atoms with E-state index in [9.17, 15) is 0 Å². The molecule has 3 aromatic rings. The lowest BCUT2D eigenvalue weighted by Gasteiger charge is -2.11. The number of thiazole rings is 1. The monoisotopic (exact) mass is 304 g/mol. The van der Waals surface area contributed by atoms with Crippen LogP contribution in [0, 0.1) is 6.92 Å². The molecule has 0 aliphatic carbocycles. The second-order valence-electron chi connectivity index (χ2n) is 4.59. The maximum atomic E-state index is 5.92. The third-order valence-corrected chi connectivity index (χ3v) is 5.34.